The molecule has 1 aromatic rings. The number of likely N-dealkylation sites (tertiary alicyclic amines) is 1. The van der Waals surface area contributed by atoms with Gasteiger partial charge < -0.3 is 4.90 Å². The number of anilines is 1. The zero-order valence-electron chi connectivity index (χ0n) is 12.8. The Morgan fingerprint density at radius 3 is 2.62 bits per heavy atom. The van der Waals surface area contributed by atoms with E-state index in [1.165, 1.54) is 34.9 Å². The van der Waals surface area contributed by atoms with Crippen molar-refractivity contribution >= 4 is 33.4 Å². The summed E-state index contributed by atoms with van der Waals surface area (Å²) in [5, 5.41) is -0.144. The van der Waals surface area contributed by atoms with Crippen LogP contribution in [-0.4, -0.2) is 42.3 Å². The van der Waals surface area contributed by atoms with Crippen molar-refractivity contribution in [1.82, 2.24) is 4.90 Å². The number of para-hydroxylation sites is 1. The second-order valence-corrected chi connectivity index (χ2v) is 8.35. The van der Waals surface area contributed by atoms with Crippen molar-refractivity contribution < 1.29 is 26.4 Å². The molecule has 24 heavy (non-hydrogen) atoms. The molecular weight excluding hydrogens is 365 g/mol. The maximum Gasteiger partial charge on any atom is 0.516 e. The van der Waals surface area contributed by atoms with Crippen LogP contribution < -0.4 is 4.72 Å². The fraction of sp³-hybridized carbons (Fsp3) is 0.500. The molecule has 1 N–H and O–H groups in total. The summed E-state index contributed by atoms with van der Waals surface area (Å²) in [7, 11) is -5.50. The predicted molar refractivity (Wildman–Crippen MR) is 87.0 cm³/mol. The summed E-state index contributed by atoms with van der Waals surface area (Å²) in [6, 6.07) is 5.76. The van der Waals surface area contributed by atoms with Crippen molar-refractivity contribution in [3.05, 3.63) is 29.8 Å². The van der Waals surface area contributed by atoms with Gasteiger partial charge in [-0.3, -0.25) is 9.52 Å². The molecule has 5 nitrogen and oxygen atoms in total. The lowest BCUT2D eigenvalue weighted by Gasteiger charge is -2.20. The van der Waals surface area contributed by atoms with Crippen molar-refractivity contribution in [2.45, 2.75) is 30.6 Å². The normalized spacial score (nSPS) is 18.9. The number of benzene rings is 1. The molecular formula is C14H17F3N2O3S2. The molecule has 1 aliphatic rings. The third-order valence-electron chi connectivity index (χ3n) is 3.54. The van der Waals surface area contributed by atoms with E-state index >= 15 is 0 Å². The molecule has 0 radical (unpaired) electrons. The van der Waals surface area contributed by atoms with Crippen molar-refractivity contribution in [3.8, 4) is 0 Å². The molecule has 1 saturated heterocycles. The van der Waals surface area contributed by atoms with Crippen LogP contribution in [0.4, 0.5) is 18.9 Å². The number of sulfonamides is 1. The molecule has 10 heteroatoms. The number of hydrogen-bond donors (Lipinski definition) is 1. The van der Waals surface area contributed by atoms with E-state index in [0.29, 0.717) is 18.5 Å². The Kier molecular flexibility index (Phi) is 5.69. The molecule has 1 amide bonds. The van der Waals surface area contributed by atoms with Crippen molar-refractivity contribution in [3.63, 3.8) is 0 Å². The molecule has 134 valence electrons. The summed E-state index contributed by atoms with van der Waals surface area (Å²) in [6.07, 6.45) is 0.674. The van der Waals surface area contributed by atoms with Crippen molar-refractivity contribution in [1.29, 1.82) is 0 Å². The van der Waals surface area contributed by atoms with Crippen LogP contribution in [0.5, 0.6) is 0 Å². The zero-order chi connectivity index (χ0) is 18.0. The lowest BCUT2D eigenvalue weighted by molar-refractivity contribution is -0.127. The highest BCUT2D eigenvalue weighted by Crippen LogP contribution is 2.29. The van der Waals surface area contributed by atoms with Gasteiger partial charge in [-0.25, -0.2) is 0 Å². The first kappa shape index (κ1) is 18.9. The van der Waals surface area contributed by atoms with Gasteiger partial charge in [0.15, 0.2) is 0 Å². The molecule has 1 aromatic carbocycles. The van der Waals surface area contributed by atoms with Crippen molar-refractivity contribution in [2.75, 3.05) is 17.0 Å². The fourth-order valence-corrected chi connectivity index (χ4v) is 3.96. The summed E-state index contributed by atoms with van der Waals surface area (Å²) in [6.45, 7) is 2.51. The van der Waals surface area contributed by atoms with Gasteiger partial charge >= 0.3 is 15.5 Å². The Bertz CT molecular complexity index is 707. The number of carbonyl (C=O) groups is 1. The third-order valence-corrected chi connectivity index (χ3v) is 5.81. The third kappa shape index (κ3) is 4.15. The molecule has 1 unspecified atom stereocenters. The molecule has 1 heterocycles. The minimum absolute atomic E-state index is 0.0656. The van der Waals surface area contributed by atoms with Gasteiger partial charge in [-0.15, -0.1) is 11.8 Å². The molecule has 0 saturated carbocycles. The number of thioether (sulfide) groups is 1. The smallest absolute Gasteiger partial charge is 0.337 e. The van der Waals surface area contributed by atoms with Gasteiger partial charge in [-0.2, -0.15) is 21.6 Å². The van der Waals surface area contributed by atoms with Crippen LogP contribution in [0.2, 0.25) is 0 Å². The second kappa shape index (κ2) is 7.22. The number of halogens is 3. The molecule has 1 aliphatic heterocycles. The lowest BCUT2D eigenvalue weighted by Crippen LogP contribution is -2.31. The summed E-state index contributed by atoms with van der Waals surface area (Å²) in [5.41, 5.74) is -5.25. The highest BCUT2D eigenvalue weighted by molar-refractivity contribution is 8.00. The van der Waals surface area contributed by atoms with Crippen LogP contribution in [0.15, 0.2) is 24.3 Å². The van der Waals surface area contributed by atoms with E-state index in [2.05, 4.69) is 0 Å². The van der Waals surface area contributed by atoms with Crippen LogP contribution in [0.1, 0.15) is 18.9 Å². The standard InChI is InChI=1S/C14H17F3N2O3S2/c1-2-23-12-7-8-19(13(12)20)9-10-5-3-4-6-11(10)18-24(21,22)14(15,16)17/h3-6,12,18H,2,7-9H2,1H3. The van der Waals surface area contributed by atoms with Gasteiger partial charge in [0.2, 0.25) is 5.91 Å². The Morgan fingerprint density at radius 2 is 2.00 bits per heavy atom. The van der Waals surface area contributed by atoms with Gasteiger partial charge in [-0.05, 0) is 23.8 Å². The largest absolute Gasteiger partial charge is 0.516 e. The topological polar surface area (TPSA) is 66.5 Å². The number of nitrogens with one attached hydrogen (secondary N) is 1. The maximum atomic E-state index is 12.5. The number of alkyl halides is 3. The van der Waals surface area contributed by atoms with E-state index in [4.69, 9.17) is 0 Å². The Hall–Kier alpha value is -1.42. The van der Waals surface area contributed by atoms with Gasteiger partial charge in [-0.1, -0.05) is 25.1 Å². The monoisotopic (exact) mass is 382 g/mol. The van der Waals surface area contributed by atoms with Crippen LogP contribution >= 0.6 is 11.8 Å². The first-order valence-electron chi connectivity index (χ1n) is 7.23. The fourth-order valence-electron chi connectivity index (χ4n) is 2.39. The average Bonchev–Trinajstić information content (AvgIpc) is 2.81. The molecule has 0 spiro atoms. The van der Waals surface area contributed by atoms with Gasteiger partial charge in [0.05, 0.1) is 10.9 Å². The molecule has 0 aliphatic carbocycles. The SMILES string of the molecule is CCSC1CCN(Cc2ccccc2NS(=O)(=O)C(F)(F)F)C1=O. The Labute approximate surface area is 142 Å². The lowest BCUT2D eigenvalue weighted by atomic mass is 10.2. The number of hydrogen-bond acceptors (Lipinski definition) is 4. The minimum Gasteiger partial charge on any atom is -0.337 e. The maximum absolute atomic E-state index is 12.5. The van der Waals surface area contributed by atoms with E-state index in [9.17, 15) is 26.4 Å². The predicted octanol–water partition coefficient (Wildman–Crippen LogP) is 2.80. The number of nitrogens with zero attached hydrogens (tertiary/aromatic N) is 1. The van der Waals surface area contributed by atoms with E-state index in [-0.39, 0.29) is 23.4 Å². The second-order valence-electron chi connectivity index (χ2n) is 5.20. The minimum atomic E-state index is -5.50. The van der Waals surface area contributed by atoms with E-state index in [1.807, 2.05) is 6.92 Å². The highest BCUT2D eigenvalue weighted by Gasteiger charge is 2.46. The first-order valence-corrected chi connectivity index (χ1v) is 9.76. The molecule has 1 fully saturated rings. The molecule has 0 aromatic heterocycles. The van der Waals surface area contributed by atoms with E-state index in [1.54, 1.807) is 10.8 Å². The van der Waals surface area contributed by atoms with Crippen LogP contribution in [-0.2, 0) is 21.4 Å². The summed E-state index contributed by atoms with van der Waals surface area (Å²) < 4.78 is 61.7. The number of rotatable bonds is 6. The van der Waals surface area contributed by atoms with Crippen LogP contribution in [0.25, 0.3) is 0 Å². The molecule has 1 atom stereocenters. The summed E-state index contributed by atoms with van der Waals surface area (Å²) in [4.78, 5) is 13.8. The highest BCUT2D eigenvalue weighted by atomic mass is 32.2. The van der Waals surface area contributed by atoms with Crippen LogP contribution in [0.3, 0.4) is 0 Å². The summed E-state index contributed by atoms with van der Waals surface area (Å²) in [5.74, 6) is 0.724. The number of amides is 1. The zero-order valence-corrected chi connectivity index (χ0v) is 14.5. The van der Waals surface area contributed by atoms with Crippen LogP contribution in [0, 0.1) is 0 Å². The average molecular weight is 382 g/mol. The Morgan fingerprint density at radius 1 is 1.33 bits per heavy atom. The van der Waals surface area contributed by atoms with Gasteiger partial charge in [0.25, 0.3) is 0 Å². The quantitative estimate of drug-likeness (QED) is 0.822. The van der Waals surface area contributed by atoms with Gasteiger partial charge in [0, 0.05) is 13.1 Å². The number of carbonyl (C=O) groups excluding carboxylic acids is 1. The van der Waals surface area contributed by atoms with E-state index < -0.39 is 15.5 Å². The first-order chi connectivity index (χ1) is 11.2. The van der Waals surface area contributed by atoms with Crippen molar-refractivity contribution in [2.24, 2.45) is 0 Å². The Balaban J connectivity index is 2.17. The van der Waals surface area contributed by atoms with Gasteiger partial charge in [0.1, 0.15) is 0 Å². The van der Waals surface area contributed by atoms with E-state index in [0.717, 1.165) is 5.75 Å². The molecule has 2 rings (SSSR count). The summed E-state index contributed by atoms with van der Waals surface area (Å²) >= 11 is 1.53. The molecule has 0 bridgehead atoms.